The molecule has 0 N–H and O–H groups in total. The Morgan fingerprint density at radius 1 is 1.07 bits per heavy atom. The van der Waals surface area contributed by atoms with Crippen molar-refractivity contribution in [2.75, 3.05) is 20.8 Å². The molecule has 1 heterocycles. The Morgan fingerprint density at radius 2 is 1.82 bits per heavy atom. The third kappa shape index (κ3) is 4.64. The van der Waals surface area contributed by atoms with Crippen molar-refractivity contribution < 1.29 is 18.7 Å². The predicted octanol–water partition coefficient (Wildman–Crippen LogP) is 5.28. The van der Waals surface area contributed by atoms with Crippen LogP contribution in [0.5, 0.6) is 17.2 Å². The van der Waals surface area contributed by atoms with Gasteiger partial charge in [0.15, 0.2) is 0 Å². The number of aromatic nitrogens is 2. The molecule has 0 radical (unpaired) electrons. The molecule has 3 aromatic rings. The monoisotopic (exact) mass is 400 g/mol. The van der Waals surface area contributed by atoms with Gasteiger partial charge in [-0.15, -0.1) is 0 Å². The molecule has 7 heteroatoms. The highest BCUT2D eigenvalue weighted by molar-refractivity contribution is 6.50. The van der Waals surface area contributed by atoms with Crippen LogP contribution in [0.25, 0.3) is 22.5 Å². The van der Waals surface area contributed by atoms with Crippen LogP contribution >= 0.6 is 11.6 Å². The van der Waals surface area contributed by atoms with Gasteiger partial charge >= 0.3 is 0 Å². The van der Waals surface area contributed by atoms with Gasteiger partial charge < -0.3 is 18.7 Å². The SMILES string of the molecule is CCCOc1ccc(/C=C(\Cl)c2nc(-c3ccc(OC)cc3OC)no2)cc1. The molecule has 1 aromatic heterocycles. The van der Waals surface area contributed by atoms with Crippen LogP contribution in [-0.4, -0.2) is 31.0 Å². The molecule has 3 rings (SSSR count). The van der Waals surface area contributed by atoms with Crippen molar-refractivity contribution in [2.45, 2.75) is 13.3 Å². The maximum absolute atomic E-state index is 6.37. The molecular weight excluding hydrogens is 380 g/mol. The zero-order chi connectivity index (χ0) is 19.9. The zero-order valence-electron chi connectivity index (χ0n) is 15.9. The highest BCUT2D eigenvalue weighted by Gasteiger charge is 2.16. The number of nitrogens with zero attached hydrogens (tertiary/aromatic N) is 2. The minimum atomic E-state index is 0.223. The van der Waals surface area contributed by atoms with Crippen molar-refractivity contribution in [3.63, 3.8) is 0 Å². The highest BCUT2D eigenvalue weighted by Crippen LogP contribution is 2.32. The molecule has 0 atom stereocenters. The van der Waals surface area contributed by atoms with Crippen molar-refractivity contribution in [1.29, 1.82) is 0 Å². The van der Waals surface area contributed by atoms with E-state index in [2.05, 4.69) is 17.1 Å². The van der Waals surface area contributed by atoms with Gasteiger partial charge in [0.2, 0.25) is 5.82 Å². The standard InChI is InChI=1S/C21H21ClN2O4/c1-4-11-27-15-7-5-14(6-8-15)12-18(22)21-23-20(24-28-21)17-10-9-16(25-2)13-19(17)26-3/h5-10,12-13H,4,11H2,1-3H3/b18-12-. The normalized spacial score (nSPS) is 11.4. The fraction of sp³-hybridized carbons (Fsp3) is 0.238. The van der Waals surface area contributed by atoms with E-state index in [0.717, 1.165) is 17.7 Å². The predicted molar refractivity (Wildman–Crippen MR) is 109 cm³/mol. The molecule has 0 spiro atoms. The van der Waals surface area contributed by atoms with Crippen LogP contribution in [0.3, 0.4) is 0 Å². The van der Waals surface area contributed by atoms with Gasteiger partial charge in [-0.05, 0) is 42.3 Å². The molecule has 0 aliphatic carbocycles. The molecule has 28 heavy (non-hydrogen) atoms. The third-order valence-corrected chi connectivity index (χ3v) is 4.20. The number of rotatable bonds is 8. The summed E-state index contributed by atoms with van der Waals surface area (Å²) in [6, 6.07) is 13.0. The summed E-state index contributed by atoms with van der Waals surface area (Å²) in [5.41, 5.74) is 1.58. The Balaban J connectivity index is 1.80. The van der Waals surface area contributed by atoms with Gasteiger partial charge in [0.05, 0.1) is 26.4 Å². The van der Waals surface area contributed by atoms with Crippen LogP contribution in [0.15, 0.2) is 47.0 Å². The lowest BCUT2D eigenvalue weighted by atomic mass is 10.2. The van der Waals surface area contributed by atoms with Crippen LogP contribution in [0.2, 0.25) is 0 Å². The summed E-state index contributed by atoms with van der Waals surface area (Å²) in [5, 5.41) is 4.35. The van der Waals surface area contributed by atoms with Gasteiger partial charge in [-0.2, -0.15) is 4.98 Å². The average molecular weight is 401 g/mol. The second-order valence-electron chi connectivity index (χ2n) is 5.90. The first kappa shape index (κ1) is 19.8. The maximum Gasteiger partial charge on any atom is 0.269 e. The zero-order valence-corrected chi connectivity index (χ0v) is 16.7. The molecule has 0 unspecified atom stereocenters. The van der Waals surface area contributed by atoms with Crippen LogP contribution < -0.4 is 14.2 Å². The van der Waals surface area contributed by atoms with Crippen molar-refractivity contribution >= 4 is 22.7 Å². The molecule has 6 nitrogen and oxygen atoms in total. The van der Waals surface area contributed by atoms with E-state index >= 15 is 0 Å². The Kier molecular flexibility index (Phi) is 6.55. The van der Waals surface area contributed by atoms with Crippen molar-refractivity contribution in [3.8, 4) is 28.6 Å². The van der Waals surface area contributed by atoms with Gasteiger partial charge in [0.1, 0.15) is 22.3 Å². The molecule has 0 saturated heterocycles. The average Bonchev–Trinajstić information content (AvgIpc) is 3.23. The largest absolute Gasteiger partial charge is 0.497 e. The molecule has 0 fully saturated rings. The Hall–Kier alpha value is -2.99. The highest BCUT2D eigenvalue weighted by atomic mass is 35.5. The third-order valence-electron chi connectivity index (χ3n) is 3.93. The minimum absolute atomic E-state index is 0.223. The number of methoxy groups -OCH3 is 2. The molecule has 0 aliphatic heterocycles. The molecule has 0 bridgehead atoms. The fourth-order valence-electron chi connectivity index (χ4n) is 2.50. The molecule has 0 saturated carbocycles. The summed E-state index contributed by atoms with van der Waals surface area (Å²) in [6.45, 7) is 2.76. The molecule has 0 amide bonds. The Labute approximate surface area is 168 Å². The molecule has 146 valence electrons. The van der Waals surface area contributed by atoms with Gasteiger partial charge in [-0.25, -0.2) is 0 Å². The minimum Gasteiger partial charge on any atom is -0.497 e. The lowest BCUT2D eigenvalue weighted by Crippen LogP contribution is -1.94. The summed E-state index contributed by atoms with van der Waals surface area (Å²) in [4.78, 5) is 4.38. The summed E-state index contributed by atoms with van der Waals surface area (Å²) in [6.07, 6.45) is 2.72. The summed E-state index contributed by atoms with van der Waals surface area (Å²) in [7, 11) is 3.16. The topological polar surface area (TPSA) is 66.6 Å². The van der Waals surface area contributed by atoms with E-state index in [1.807, 2.05) is 24.3 Å². The van der Waals surface area contributed by atoms with Gasteiger partial charge in [0.25, 0.3) is 5.89 Å². The van der Waals surface area contributed by atoms with Gasteiger partial charge in [-0.1, -0.05) is 35.8 Å². The number of ether oxygens (including phenoxy) is 3. The molecule has 2 aromatic carbocycles. The van der Waals surface area contributed by atoms with E-state index in [9.17, 15) is 0 Å². The fourth-order valence-corrected chi connectivity index (χ4v) is 2.70. The Morgan fingerprint density at radius 3 is 2.50 bits per heavy atom. The van der Waals surface area contributed by atoms with E-state index < -0.39 is 0 Å². The van der Waals surface area contributed by atoms with E-state index in [1.54, 1.807) is 38.5 Å². The van der Waals surface area contributed by atoms with Gasteiger partial charge in [0, 0.05) is 6.07 Å². The Bertz CT molecular complexity index is 951. The second-order valence-corrected chi connectivity index (χ2v) is 6.31. The quantitative estimate of drug-likeness (QED) is 0.512. The first-order valence-corrected chi connectivity index (χ1v) is 9.19. The number of hydrogen-bond donors (Lipinski definition) is 0. The summed E-state index contributed by atoms with van der Waals surface area (Å²) in [5.74, 6) is 2.68. The smallest absolute Gasteiger partial charge is 0.269 e. The first-order valence-electron chi connectivity index (χ1n) is 8.81. The van der Waals surface area contributed by atoms with Crippen LogP contribution in [-0.2, 0) is 0 Å². The van der Waals surface area contributed by atoms with E-state index in [0.29, 0.717) is 34.5 Å². The molecule has 0 aliphatic rings. The second kappa shape index (κ2) is 9.28. The van der Waals surface area contributed by atoms with Crippen LogP contribution in [0.1, 0.15) is 24.8 Å². The van der Waals surface area contributed by atoms with E-state index in [-0.39, 0.29) is 5.89 Å². The van der Waals surface area contributed by atoms with Gasteiger partial charge in [-0.3, -0.25) is 0 Å². The summed E-state index contributed by atoms with van der Waals surface area (Å²) < 4.78 is 21.5. The lowest BCUT2D eigenvalue weighted by Gasteiger charge is -2.07. The molecular formula is C21H21ClN2O4. The van der Waals surface area contributed by atoms with E-state index in [1.165, 1.54) is 0 Å². The number of benzene rings is 2. The van der Waals surface area contributed by atoms with Crippen molar-refractivity contribution in [1.82, 2.24) is 10.1 Å². The summed E-state index contributed by atoms with van der Waals surface area (Å²) >= 11 is 6.37. The van der Waals surface area contributed by atoms with Crippen LogP contribution in [0, 0.1) is 0 Å². The first-order chi connectivity index (χ1) is 13.6. The van der Waals surface area contributed by atoms with E-state index in [4.69, 9.17) is 30.3 Å². The van der Waals surface area contributed by atoms with Crippen LogP contribution in [0.4, 0.5) is 0 Å². The van der Waals surface area contributed by atoms with Crippen molar-refractivity contribution in [2.24, 2.45) is 0 Å². The lowest BCUT2D eigenvalue weighted by molar-refractivity contribution is 0.317. The number of hydrogen-bond acceptors (Lipinski definition) is 6. The maximum atomic E-state index is 6.37. The van der Waals surface area contributed by atoms with Crippen molar-refractivity contribution in [3.05, 3.63) is 53.9 Å². The number of halogens is 1.